The maximum Gasteiger partial charge on any atom is 1.00 e. The Balaban J connectivity index is 0.00000200. The molecule has 98 valence electrons. The van der Waals surface area contributed by atoms with Gasteiger partial charge in [-0.1, -0.05) is 24.3 Å². The van der Waals surface area contributed by atoms with E-state index in [1.807, 2.05) is 0 Å². The largest absolute Gasteiger partial charge is 1.00 e. The fourth-order valence-corrected chi connectivity index (χ4v) is 3.95. The van der Waals surface area contributed by atoms with Crippen molar-refractivity contribution in [1.29, 1.82) is 0 Å². The van der Waals surface area contributed by atoms with Gasteiger partial charge in [0, 0.05) is 9.79 Å². The molecule has 20 heavy (non-hydrogen) atoms. The molecule has 8 heteroatoms. The second kappa shape index (κ2) is 6.84. The van der Waals surface area contributed by atoms with Crippen molar-refractivity contribution in [3.8, 4) is 0 Å². The van der Waals surface area contributed by atoms with E-state index in [4.69, 9.17) is 0 Å². The normalized spacial score (nSPS) is 11.6. The van der Waals surface area contributed by atoms with Crippen molar-refractivity contribution < 1.29 is 46.4 Å². The Hall–Kier alpha value is -0.700. The molecule has 0 heterocycles. The third kappa shape index (κ3) is 4.15. The van der Waals surface area contributed by atoms with Gasteiger partial charge in [0.25, 0.3) is 0 Å². The van der Waals surface area contributed by atoms with Gasteiger partial charge in [-0.2, -0.15) is 0 Å². The van der Waals surface area contributed by atoms with E-state index in [1.165, 1.54) is 36.4 Å². The molecule has 0 spiro atoms. The van der Waals surface area contributed by atoms with Crippen LogP contribution in [0.15, 0.2) is 58.3 Å². The predicted molar refractivity (Wildman–Crippen MR) is 68.3 cm³/mol. The van der Waals surface area contributed by atoms with Crippen molar-refractivity contribution >= 4 is 20.0 Å². The molecule has 0 fully saturated rings. The van der Waals surface area contributed by atoms with Gasteiger partial charge < -0.3 is 4.13 Å². The summed E-state index contributed by atoms with van der Waals surface area (Å²) in [5.41, 5.74) is 0. The van der Waals surface area contributed by atoms with Crippen LogP contribution in [0.25, 0.3) is 4.13 Å². The average molecular weight is 317 g/mol. The summed E-state index contributed by atoms with van der Waals surface area (Å²) >= 11 is 0. The molecule has 0 saturated heterocycles. The van der Waals surface area contributed by atoms with E-state index in [-0.39, 0.29) is 39.3 Å². The molecule has 2 aromatic carbocycles. The van der Waals surface area contributed by atoms with E-state index >= 15 is 0 Å². The van der Waals surface area contributed by atoms with Crippen molar-refractivity contribution in [2.75, 3.05) is 0 Å². The molecule has 0 aromatic heterocycles. The summed E-state index contributed by atoms with van der Waals surface area (Å²) in [6.45, 7) is 0. The van der Waals surface area contributed by atoms with Crippen LogP contribution < -0.4 is 29.6 Å². The molecule has 0 N–H and O–H groups in total. The Bertz CT molecular complexity index is 692. The monoisotopic (exact) mass is 317 g/mol. The summed E-state index contributed by atoms with van der Waals surface area (Å²) in [7, 11) is -8.55. The Morgan fingerprint density at radius 3 is 1.50 bits per heavy atom. The maximum atomic E-state index is 11.8. The Kier molecular flexibility index (Phi) is 5.93. The topological polar surface area (TPSA) is 82.4 Å². The first kappa shape index (κ1) is 17.4. The van der Waals surface area contributed by atoms with E-state index < -0.39 is 20.0 Å². The van der Waals surface area contributed by atoms with Crippen LogP contribution in [0.5, 0.6) is 0 Å². The number of nitrogens with zero attached hydrogens (tertiary/aromatic N) is 1. The van der Waals surface area contributed by atoms with Crippen molar-refractivity contribution in [3.63, 3.8) is 0 Å². The van der Waals surface area contributed by atoms with Gasteiger partial charge in [-0.05, 0) is 36.4 Å². The van der Waals surface area contributed by atoms with E-state index in [2.05, 4.69) is 16.3 Å². The van der Waals surface area contributed by atoms with Crippen LogP contribution in [0.4, 0.5) is 0 Å². The zero-order chi connectivity index (χ0) is 13.9. The second-order valence-corrected chi connectivity index (χ2v) is 6.94. The van der Waals surface area contributed by atoms with E-state index in [0.717, 1.165) is 12.1 Å². The number of rotatable bonds is 4. The molecule has 0 aliphatic heterocycles. The van der Waals surface area contributed by atoms with E-state index in [0.29, 0.717) is 0 Å². The minimum absolute atomic E-state index is 0. The number of sulfonamides is 2. The van der Waals surface area contributed by atoms with Crippen LogP contribution in [-0.4, -0.2) is 16.8 Å². The maximum absolute atomic E-state index is 11.8. The standard InChI is InChI=1S/C12H8NO4S2.Na/c14-18(15,11-7-3-1-4-8-11)13-19(16,17)12-9-5-2-6-10-12;/h1-3,5,7-10H;/q-1;+1. The molecule has 2 radical (unpaired) electrons. The zero-order valence-corrected chi connectivity index (χ0v) is 14.1. The summed E-state index contributed by atoms with van der Waals surface area (Å²) in [6, 6.07) is 15.8. The minimum Gasteiger partial charge on any atom is -0.428 e. The zero-order valence-electron chi connectivity index (χ0n) is 10.5. The molecule has 0 saturated carbocycles. The fraction of sp³-hybridized carbons (Fsp3) is 0. The molecular weight excluding hydrogens is 309 g/mol. The molecule has 0 aliphatic carbocycles. The van der Waals surface area contributed by atoms with Crippen LogP contribution >= 0.6 is 0 Å². The van der Waals surface area contributed by atoms with Crippen LogP contribution in [0.1, 0.15) is 0 Å². The van der Waals surface area contributed by atoms with Gasteiger partial charge in [0.05, 0.1) is 0 Å². The van der Waals surface area contributed by atoms with Crippen LogP contribution in [0.3, 0.4) is 0 Å². The Morgan fingerprint density at radius 1 is 0.800 bits per heavy atom. The molecular formula is C12H8NNaO4S2. The molecule has 0 atom stereocenters. The molecule has 2 rings (SSSR count). The third-order valence-electron chi connectivity index (χ3n) is 2.15. The fourth-order valence-electron chi connectivity index (χ4n) is 1.29. The number of benzene rings is 2. The first-order chi connectivity index (χ1) is 8.92. The first-order valence-electron chi connectivity index (χ1n) is 5.08. The van der Waals surface area contributed by atoms with E-state index in [9.17, 15) is 16.8 Å². The molecule has 0 amide bonds. The summed E-state index contributed by atoms with van der Waals surface area (Å²) in [5.74, 6) is 0. The molecule has 0 unspecified atom stereocenters. The first-order valence-corrected chi connectivity index (χ1v) is 7.96. The van der Waals surface area contributed by atoms with Crippen molar-refractivity contribution in [2.24, 2.45) is 0 Å². The van der Waals surface area contributed by atoms with Gasteiger partial charge in [-0.3, -0.25) is 0 Å². The quantitative estimate of drug-likeness (QED) is 0.659. The summed E-state index contributed by atoms with van der Waals surface area (Å²) in [6.07, 6.45) is 0. The van der Waals surface area contributed by atoms with Gasteiger partial charge in [-0.25, -0.2) is 16.8 Å². The predicted octanol–water partition coefficient (Wildman–Crippen LogP) is -1.26. The Labute approximate surface area is 140 Å². The number of hydrogen-bond donors (Lipinski definition) is 0. The third-order valence-corrected chi connectivity index (χ3v) is 5.42. The van der Waals surface area contributed by atoms with Gasteiger partial charge >= 0.3 is 29.6 Å². The van der Waals surface area contributed by atoms with Gasteiger partial charge in [-0.15, -0.1) is 0 Å². The second-order valence-electron chi connectivity index (χ2n) is 3.50. The van der Waals surface area contributed by atoms with Crippen LogP contribution in [0.2, 0.25) is 0 Å². The average Bonchev–Trinajstić information content (AvgIpc) is 2.40. The van der Waals surface area contributed by atoms with Gasteiger partial charge in [0.2, 0.25) is 0 Å². The SMILES string of the molecule is O=S(=O)([N-]S(=O)(=O)c1c[c]ccc1)c1c[c]ccc1.[Na+]. The van der Waals surface area contributed by atoms with Crippen molar-refractivity contribution in [2.45, 2.75) is 9.79 Å². The minimum atomic E-state index is -4.27. The van der Waals surface area contributed by atoms with Crippen molar-refractivity contribution in [1.82, 2.24) is 0 Å². The molecule has 2 aromatic rings. The van der Waals surface area contributed by atoms with E-state index in [1.54, 1.807) is 0 Å². The molecule has 0 aliphatic rings. The van der Waals surface area contributed by atoms with Crippen LogP contribution in [-0.2, 0) is 20.0 Å². The summed E-state index contributed by atoms with van der Waals surface area (Å²) < 4.78 is 50.4. The summed E-state index contributed by atoms with van der Waals surface area (Å²) in [5, 5.41) is 0. The smallest absolute Gasteiger partial charge is 0.428 e. The summed E-state index contributed by atoms with van der Waals surface area (Å²) in [4.78, 5) is -0.447. The number of hydrogen-bond acceptors (Lipinski definition) is 4. The van der Waals surface area contributed by atoms with Crippen molar-refractivity contribution in [3.05, 3.63) is 64.8 Å². The van der Waals surface area contributed by atoms with Crippen LogP contribution in [0, 0.1) is 12.1 Å². The Morgan fingerprint density at radius 2 is 1.20 bits per heavy atom. The molecule has 5 nitrogen and oxygen atoms in total. The van der Waals surface area contributed by atoms with Gasteiger partial charge in [0.15, 0.2) is 0 Å². The molecule has 0 bridgehead atoms. The van der Waals surface area contributed by atoms with Gasteiger partial charge in [0.1, 0.15) is 20.0 Å².